The summed E-state index contributed by atoms with van der Waals surface area (Å²) in [6.07, 6.45) is 13.7. The fourth-order valence-electron chi connectivity index (χ4n) is 4.54. The van der Waals surface area contributed by atoms with Gasteiger partial charge in [0.25, 0.3) is 0 Å². The van der Waals surface area contributed by atoms with Gasteiger partial charge in [0.15, 0.2) is 0 Å². The van der Waals surface area contributed by atoms with E-state index in [1.165, 1.54) is 83.8 Å². The van der Waals surface area contributed by atoms with Gasteiger partial charge in [-0.2, -0.15) is 0 Å². The summed E-state index contributed by atoms with van der Waals surface area (Å²) >= 11 is 6.25. The van der Waals surface area contributed by atoms with Gasteiger partial charge in [-0.15, -0.1) is 11.6 Å². The summed E-state index contributed by atoms with van der Waals surface area (Å²) in [7, 11) is 0. The van der Waals surface area contributed by atoms with Crippen molar-refractivity contribution in [1.29, 1.82) is 0 Å². The minimum atomic E-state index is 0.461. The third-order valence-corrected chi connectivity index (χ3v) is 6.18. The van der Waals surface area contributed by atoms with E-state index in [9.17, 15) is 0 Å². The average molecular weight is 299 g/mol. The quantitative estimate of drug-likeness (QED) is 0.798. The lowest BCUT2D eigenvalue weighted by Crippen LogP contribution is -2.54. The fraction of sp³-hybridized carbons (Fsp3) is 1.00. The lowest BCUT2D eigenvalue weighted by atomic mass is 9.85. The number of hydrogen-bond acceptors (Lipinski definition) is 2. The minimum Gasteiger partial charge on any atom is -0.312 e. The largest absolute Gasteiger partial charge is 0.312 e. The second-order valence-electron chi connectivity index (χ2n) is 7.23. The van der Waals surface area contributed by atoms with Crippen LogP contribution in [0.15, 0.2) is 0 Å². The van der Waals surface area contributed by atoms with Gasteiger partial charge in [-0.25, -0.2) is 0 Å². The van der Waals surface area contributed by atoms with Gasteiger partial charge in [-0.1, -0.05) is 12.8 Å². The lowest BCUT2D eigenvalue weighted by molar-refractivity contribution is 0.0793. The predicted octanol–water partition coefficient (Wildman–Crippen LogP) is 3.78. The molecule has 2 heterocycles. The molecule has 1 N–H and O–H groups in total. The van der Waals surface area contributed by atoms with E-state index in [4.69, 9.17) is 11.6 Å². The monoisotopic (exact) mass is 298 g/mol. The first-order chi connectivity index (χ1) is 9.83. The summed E-state index contributed by atoms with van der Waals surface area (Å²) in [4.78, 5) is 2.84. The van der Waals surface area contributed by atoms with Gasteiger partial charge in [-0.3, -0.25) is 4.90 Å². The van der Waals surface area contributed by atoms with E-state index in [-0.39, 0.29) is 0 Å². The Balaban J connectivity index is 1.54. The zero-order valence-electron chi connectivity index (χ0n) is 12.8. The maximum absolute atomic E-state index is 6.25. The summed E-state index contributed by atoms with van der Waals surface area (Å²) in [5.41, 5.74) is 0. The number of halogens is 1. The number of hydrogen-bond donors (Lipinski definition) is 1. The van der Waals surface area contributed by atoms with Gasteiger partial charge in [0, 0.05) is 24.0 Å². The van der Waals surface area contributed by atoms with E-state index < -0.39 is 0 Å². The van der Waals surface area contributed by atoms with Crippen LogP contribution < -0.4 is 5.32 Å². The Morgan fingerprint density at radius 1 is 0.900 bits per heavy atom. The molecule has 0 bridgehead atoms. The second-order valence-corrected chi connectivity index (χ2v) is 7.85. The van der Waals surface area contributed by atoms with Crippen LogP contribution in [0.3, 0.4) is 0 Å². The number of alkyl halides is 1. The topological polar surface area (TPSA) is 15.3 Å². The first-order valence-corrected chi connectivity index (χ1v) is 9.38. The molecule has 3 heteroatoms. The summed E-state index contributed by atoms with van der Waals surface area (Å²) in [5.74, 6) is 0.911. The molecule has 1 aliphatic carbocycles. The Morgan fingerprint density at radius 3 is 2.45 bits per heavy atom. The van der Waals surface area contributed by atoms with Crippen LogP contribution in [-0.2, 0) is 0 Å². The smallest absolute Gasteiger partial charge is 0.0336 e. The van der Waals surface area contributed by atoms with Crippen LogP contribution in [0.4, 0.5) is 0 Å². The highest BCUT2D eigenvalue weighted by atomic mass is 35.5. The Morgan fingerprint density at radius 2 is 1.70 bits per heavy atom. The fourth-order valence-corrected chi connectivity index (χ4v) is 4.79. The normalized spacial score (nSPS) is 40.6. The van der Waals surface area contributed by atoms with E-state index in [1.54, 1.807) is 0 Å². The van der Waals surface area contributed by atoms with Crippen molar-refractivity contribution < 1.29 is 0 Å². The van der Waals surface area contributed by atoms with E-state index in [0.717, 1.165) is 18.0 Å². The SMILES string of the molecule is ClC1CCC(CN2CCCCC2C2CCCCN2)CC1. The molecule has 116 valence electrons. The van der Waals surface area contributed by atoms with E-state index >= 15 is 0 Å². The van der Waals surface area contributed by atoms with Crippen molar-refractivity contribution in [3.63, 3.8) is 0 Å². The van der Waals surface area contributed by atoms with Crippen LogP contribution in [-0.4, -0.2) is 42.0 Å². The highest BCUT2D eigenvalue weighted by Crippen LogP contribution is 2.31. The summed E-state index contributed by atoms with van der Waals surface area (Å²) in [6, 6.07) is 1.59. The van der Waals surface area contributed by atoms with Crippen LogP contribution in [0.1, 0.15) is 64.2 Å². The molecule has 2 nitrogen and oxygen atoms in total. The van der Waals surface area contributed by atoms with Crippen LogP contribution >= 0.6 is 11.6 Å². The lowest BCUT2D eigenvalue weighted by Gasteiger charge is -2.44. The Hall–Kier alpha value is 0.210. The summed E-state index contributed by atoms with van der Waals surface area (Å²) in [5, 5.41) is 4.26. The van der Waals surface area contributed by atoms with Crippen LogP contribution in [0.5, 0.6) is 0 Å². The predicted molar refractivity (Wildman–Crippen MR) is 86.5 cm³/mol. The van der Waals surface area contributed by atoms with Crippen molar-refractivity contribution in [2.75, 3.05) is 19.6 Å². The molecule has 0 spiro atoms. The van der Waals surface area contributed by atoms with Crippen molar-refractivity contribution in [1.82, 2.24) is 10.2 Å². The van der Waals surface area contributed by atoms with Crippen molar-refractivity contribution in [2.45, 2.75) is 81.7 Å². The Kier molecular flexibility index (Phi) is 5.64. The van der Waals surface area contributed by atoms with Gasteiger partial charge in [0.2, 0.25) is 0 Å². The number of rotatable bonds is 3. The van der Waals surface area contributed by atoms with Crippen molar-refractivity contribution >= 4 is 11.6 Å². The maximum atomic E-state index is 6.25. The van der Waals surface area contributed by atoms with Gasteiger partial charge >= 0.3 is 0 Å². The highest BCUT2D eigenvalue weighted by molar-refractivity contribution is 6.20. The molecule has 3 fully saturated rings. The first-order valence-electron chi connectivity index (χ1n) is 8.94. The first kappa shape index (κ1) is 15.1. The van der Waals surface area contributed by atoms with Crippen LogP contribution in [0, 0.1) is 5.92 Å². The zero-order chi connectivity index (χ0) is 13.8. The molecule has 2 saturated heterocycles. The number of likely N-dealkylation sites (tertiary alicyclic amines) is 1. The van der Waals surface area contributed by atoms with Gasteiger partial charge in [0.1, 0.15) is 0 Å². The molecule has 0 amide bonds. The molecular formula is C17H31ClN2. The van der Waals surface area contributed by atoms with Crippen LogP contribution in [0.2, 0.25) is 0 Å². The van der Waals surface area contributed by atoms with Gasteiger partial charge in [-0.05, 0) is 70.4 Å². The minimum absolute atomic E-state index is 0.461. The second kappa shape index (κ2) is 7.47. The molecule has 2 atom stereocenters. The molecule has 0 radical (unpaired) electrons. The van der Waals surface area contributed by atoms with Crippen molar-refractivity contribution in [3.8, 4) is 0 Å². The maximum Gasteiger partial charge on any atom is 0.0336 e. The Bertz CT molecular complexity index is 283. The van der Waals surface area contributed by atoms with E-state index in [1.807, 2.05) is 0 Å². The molecule has 2 unspecified atom stereocenters. The molecule has 0 aromatic heterocycles. The third-order valence-electron chi connectivity index (χ3n) is 5.75. The summed E-state index contributed by atoms with van der Waals surface area (Å²) in [6.45, 7) is 3.92. The standard InChI is InChI=1S/C17H31ClN2/c18-15-9-7-14(8-10-15)13-20-12-4-2-6-17(20)16-5-1-3-11-19-16/h14-17,19H,1-13H2. The molecular weight excluding hydrogens is 268 g/mol. The molecule has 2 aliphatic heterocycles. The molecule has 1 saturated carbocycles. The number of piperidine rings is 2. The molecule has 0 aromatic carbocycles. The molecule has 3 rings (SSSR count). The summed E-state index contributed by atoms with van der Waals surface area (Å²) < 4.78 is 0. The van der Waals surface area contributed by atoms with Crippen LogP contribution in [0.25, 0.3) is 0 Å². The number of nitrogens with one attached hydrogen (secondary N) is 1. The van der Waals surface area contributed by atoms with Gasteiger partial charge < -0.3 is 5.32 Å². The van der Waals surface area contributed by atoms with Gasteiger partial charge in [0.05, 0.1) is 0 Å². The van der Waals surface area contributed by atoms with E-state index in [0.29, 0.717) is 5.38 Å². The van der Waals surface area contributed by atoms with Crippen molar-refractivity contribution in [3.05, 3.63) is 0 Å². The third kappa shape index (κ3) is 3.90. The highest BCUT2D eigenvalue weighted by Gasteiger charge is 2.32. The van der Waals surface area contributed by atoms with Crippen molar-refractivity contribution in [2.24, 2.45) is 5.92 Å². The Labute approximate surface area is 129 Å². The van der Waals surface area contributed by atoms with E-state index in [2.05, 4.69) is 10.2 Å². The zero-order valence-corrected chi connectivity index (χ0v) is 13.6. The average Bonchev–Trinajstić information content (AvgIpc) is 2.51. The molecule has 20 heavy (non-hydrogen) atoms. The molecule has 0 aromatic rings. The number of nitrogens with zero attached hydrogens (tertiary/aromatic N) is 1. The molecule has 3 aliphatic rings.